The molecule has 0 saturated heterocycles. The Kier molecular flexibility index (Phi) is 3.27. The summed E-state index contributed by atoms with van der Waals surface area (Å²) < 4.78 is 25.9. The first-order chi connectivity index (χ1) is 6.35. The fourth-order valence-corrected chi connectivity index (χ4v) is 1.84. The molecule has 1 atom stereocenters. The molecule has 0 fully saturated rings. The van der Waals surface area contributed by atoms with Crippen molar-refractivity contribution < 1.29 is 8.78 Å². The quantitative estimate of drug-likeness (QED) is 0.872. The van der Waals surface area contributed by atoms with Crippen LogP contribution in [0.5, 0.6) is 0 Å². The summed E-state index contributed by atoms with van der Waals surface area (Å²) in [5.74, 6) is 0. The fourth-order valence-electron chi connectivity index (χ4n) is 1.17. The van der Waals surface area contributed by atoms with Gasteiger partial charge in [0.15, 0.2) is 0 Å². The van der Waals surface area contributed by atoms with Gasteiger partial charge in [-0.2, -0.15) is 0 Å². The molecule has 1 aromatic rings. The van der Waals surface area contributed by atoms with Crippen LogP contribution >= 0.6 is 15.9 Å². The van der Waals surface area contributed by atoms with Gasteiger partial charge < -0.3 is 5.73 Å². The molecule has 14 heavy (non-hydrogen) atoms. The number of nitrogens with two attached hydrogens (primary N) is 1. The maximum atomic E-state index is 12.7. The van der Waals surface area contributed by atoms with E-state index in [1.54, 1.807) is 12.1 Å². The van der Waals surface area contributed by atoms with Crippen LogP contribution in [0, 0.1) is 6.92 Å². The topological polar surface area (TPSA) is 26.0 Å². The first kappa shape index (κ1) is 11.6. The van der Waals surface area contributed by atoms with E-state index in [4.69, 9.17) is 5.73 Å². The highest BCUT2D eigenvalue weighted by molar-refractivity contribution is 9.10. The van der Waals surface area contributed by atoms with Crippen LogP contribution in [0.1, 0.15) is 18.1 Å². The molecule has 2 N–H and O–H groups in total. The Morgan fingerprint density at radius 1 is 1.43 bits per heavy atom. The Morgan fingerprint density at radius 2 is 2.00 bits per heavy atom. The minimum Gasteiger partial charge on any atom is -0.317 e. The van der Waals surface area contributed by atoms with Gasteiger partial charge in [0.25, 0.3) is 6.43 Å². The zero-order chi connectivity index (χ0) is 10.9. The molecule has 0 radical (unpaired) electrons. The number of halogens is 3. The standard InChI is InChI=1S/C10H12BrF2N/c1-6-3-4-8(11)7(5-6)10(2,14)9(12)13/h3-5,9H,14H2,1-2H3. The molecule has 0 amide bonds. The largest absolute Gasteiger partial charge is 0.317 e. The van der Waals surface area contributed by atoms with Gasteiger partial charge in [-0.3, -0.25) is 0 Å². The predicted octanol–water partition coefficient (Wildman–Crippen LogP) is 3.20. The Bertz CT molecular complexity index is 337. The summed E-state index contributed by atoms with van der Waals surface area (Å²) in [5, 5.41) is 0. The molecule has 0 saturated carbocycles. The number of hydrogen-bond acceptors (Lipinski definition) is 1. The molecule has 0 spiro atoms. The molecule has 0 aliphatic heterocycles. The third-order valence-corrected chi connectivity index (χ3v) is 2.85. The average Bonchev–Trinajstić information content (AvgIpc) is 2.08. The Balaban J connectivity index is 3.24. The molecule has 0 aliphatic carbocycles. The molecule has 78 valence electrons. The number of alkyl halides is 2. The second-order valence-corrected chi connectivity index (χ2v) is 4.42. The molecule has 0 heterocycles. The summed E-state index contributed by atoms with van der Waals surface area (Å²) in [6, 6.07) is 5.25. The smallest absolute Gasteiger partial charge is 0.260 e. The zero-order valence-electron chi connectivity index (χ0n) is 8.02. The average molecular weight is 264 g/mol. The van der Waals surface area contributed by atoms with Gasteiger partial charge >= 0.3 is 0 Å². The van der Waals surface area contributed by atoms with E-state index in [1.807, 2.05) is 13.0 Å². The molecule has 0 aromatic heterocycles. The van der Waals surface area contributed by atoms with Gasteiger partial charge in [-0.15, -0.1) is 0 Å². The van der Waals surface area contributed by atoms with Crippen LogP contribution in [0.25, 0.3) is 0 Å². The number of hydrogen-bond donors (Lipinski definition) is 1. The number of rotatable bonds is 2. The van der Waals surface area contributed by atoms with Gasteiger partial charge in [0.1, 0.15) is 5.54 Å². The molecule has 1 rings (SSSR count). The van der Waals surface area contributed by atoms with E-state index in [0.717, 1.165) is 5.56 Å². The van der Waals surface area contributed by atoms with Gasteiger partial charge in [0.05, 0.1) is 0 Å². The van der Waals surface area contributed by atoms with Gasteiger partial charge in [0.2, 0.25) is 0 Å². The summed E-state index contributed by atoms with van der Waals surface area (Å²) >= 11 is 3.22. The lowest BCUT2D eigenvalue weighted by Crippen LogP contribution is -2.41. The van der Waals surface area contributed by atoms with E-state index in [9.17, 15) is 8.78 Å². The lowest BCUT2D eigenvalue weighted by atomic mass is 9.92. The van der Waals surface area contributed by atoms with Crippen molar-refractivity contribution in [1.82, 2.24) is 0 Å². The van der Waals surface area contributed by atoms with Crippen molar-refractivity contribution in [3.8, 4) is 0 Å². The van der Waals surface area contributed by atoms with Crippen molar-refractivity contribution in [1.29, 1.82) is 0 Å². The van der Waals surface area contributed by atoms with Crippen molar-refractivity contribution in [3.63, 3.8) is 0 Å². The maximum Gasteiger partial charge on any atom is 0.260 e. The van der Waals surface area contributed by atoms with Crippen LogP contribution in [-0.4, -0.2) is 6.43 Å². The third-order valence-electron chi connectivity index (χ3n) is 2.16. The highest BCUT2D eigenvalue weighted by Crippen LogP contribution is 2.31. The lowest BCUT2D eigenvalue weighted by Gasteiger charge is -2.25. The summed E-state index contributed by atoms with van der Waals surface area (Å²) in [7, 11) is 0. The molecule has 0 aliphatic rings. The normalized spacial score (nSPS) is 15.6. The van der Waals surface area contributed by atoms with Crippen molar-refractivity contribution in [3.05, 3.63) is 33.8 Å². The Hall–Kier alpha value is -0.480. The van der Waals surface area contributed by atoms with Crippen LogP contribution < -0.4 is 5.73 Å². The third kappa shape index (κ3) is 2.12. The second-order valence-electron chi connectivity index (χ2n) is 3.57. The van der Waals surface area contributed by atoms with E-state index in [1.165, 1.54) is 6.92 Å². The lowest BCUT2D eigenvalue weighted by molar-refractivity contribution is 0.0621. The fraction of sp³-hybridized carbons (Fsp3) is 0.400. The van der Waals surface area contributed by atoms with Crippen LogP contribution in [0.2, 0.25) is 0 Å². The Morgan fingerprint density at radius 3 is 2.50 bits per heavy atom. The molecular formula is C10H12BrF2N. The van der Waals surface area contributed by atoms with E-state index in [-0.39, 0.29) is 0 Å². The minimum absolute atomic E-state index is 0.438. The minimum atomic E-state index is -2.58. The maximum absolute atomic E-state index is 12.7. The summed E-state index contributed by atoms with van der Waals surface area (Å²) in [4.78, 5) is 0. The molecule has 0 bridgehead atoms. The number of aryl methyl sites for hydroxylation is 1. The molecule has 1 nitrogen and oxygen atoms in total. The zero-order valence-corrected chi connectivity index (χ0v) is 9.61. The summed E-state index contributed by atoms with van der Waals surface area (Å²) in [5.41, 5.74) is 5.32. The van der Waals surface area contributed by atoms with Crippen LogP contribution in [0.3, 0.4) is 0 Å². The van der Waals surface area contributed by atoms with Crippen LogP contribution in [-0.2, 0) is 5.54 Å². The van der Waals surface area contributed by atoms with Gasteiger partial charge in [-0.1, -0.05) is 33.6 Å². The van der Waals surface area contributed by atoms with E-state index in [2.05, 4.69) is 15.9 Å². The van der Waals surface area contributed by atoms with Crippen LogP contribution in [0.4, 0.5) is 8.78 Å². The SMILES string of the molecule is Cc1ccc(Br)c(C(C)(N)C(F)F)c1. The first-order valence-electron chi connectivity index (χ1n) is 4.19. The van der Waals surface area contributed by atoms with Crippen LogP contribution in [0.15, 0.2) is 22.7 Å². The van der Waals surface area contributed by atoms with E-state index >= 15 is 0 Å². The first-order valence-corrected chi connectivity index (χ1v) is 4.98. The van der Waals surface area contributed by atoms with Crippen molar-refractivity contribution >= 4 is 15.9 Å². The summed E-state index contributed by atoms with van der Waals surface area (Å²) in [6.07, 6.45) is -2.58. The van der Waals surface area contributed by atoms with Crippen molar-refractivity contribution in [2.75, 3.05) is 0 Å². The highest BCUT2D eigenvalue weighted by atomic mass is 79.9. The van der Waals surface area contributed by atoms with Gasteiger partial charge in [0, 0.05) is 4.47 Å². The van der Waals surface area contributed by atoms with E-state index < -0.39 is 12.0 Å². The molecule has 1 unspecified atom stereocenters. The molecule has 1 aromatic carbocycles. The van der Waals surface area contributed by atoms with Gasteiger partial charge in [-0.25, -0.2) is 8.78 Å². The summed E-state index contributed by atoms with van der Waals surface area (Å²) in [6.45, 7) is 3.18. The predicted molar refractivity (Wildman–Crippen MR) is 56.4 cm³/mol. The second kappa shape index (κ2) is 3.95. The van der Waals surface area contributed by atoms with Crippen molar-refractivity contribution in [2.45, 2.75) is 25.8 Å². The van der Waals surface area contributed by atoms with Crippen molar-refractivity contribution in [2.24, 2.45) is 5.73 Å². The highest BCUT2D eigenvalue weighted by Gasteiger charge is 2.33. The molecule has 4 heteroatoms. The number of benzene rings is 1. The Labute approximate surface area is 90.4 Å². The van der Waals surface area contributed by atoms with E-state index in [0.29, 0.717) is 10.0 Å². The molecular weight excluding hydrogens is 252 g/mol. The van der Waals surface area contributed by atoms with Gasteiger partial charge in [-0.05, 0) is 25.5 Å². The monoisotopic (exact) mass is 263 g/mol.